The second-order valence-corrected chi connectivity index (χ2v) is 6.96. The molecule has 0 atom stereocenters. The van der Waals surface area contributed by atoms with Gasteiger partial charge in [-0.15, -0.1) is 0 Å². The number of benzene rings is 2. The van der Waals surface area contributed by atoms with Gasteiger partial charge in [0.2, 0.25) is 5.75 Å². The predicted molar refractivity (Wildman–Crippen MR) is 107 cm³/mol. The summed E-state index contributed by atoms with van der Waals surface area (Å²) in [5, 5.41) is 2.99. The van der Waals surface area contributed by atoms with Gasteiger partial charge in [0.05, 0.1) is 20.3 Å². The van der Waals surface area contributed by atoms with Gasteiger partial charge in [0.15, 0.2) is 11.5 Å². The van der Waals surface area contributed by atoms with E-state index >= 15 is 0 Å². The standard InChI is InChI=1S/C22H25F2NO5/c1-27-18-4-3-5-19(20(18)28-2)29-16-12-8-15(9-13-16)25-21(26)14-6-10-17(11-7-14)30-22(23)24/h3-7,10-11,15-16,22H,8-9,12-13H2,1-2H3,(H,25,26). The first-order valence-corrected chi connectivity index (χ1v) is 9.73. The molecule has 0 aromatic heterocycles. The van der Waals surface area contributed by atoms with Crippen LogP contribution < -0.4 is 24.3 Å². The van der Waals surface area contributed by atoms with Crippen LogP contribution in [0, 0.1) is 0 Å². The summed E-state index contributed by atoms with van der Waals surface area (Å²) in [6.45, 7) is -2.89. The molecule has 2 aromatic rings. The molecule has 0 aliphatic heterocycles. The first-order chi connectivity index (χ1) is 14.5. The Morgan fingerprint density at radius 3 is 2.23 bits per heavy atom. The summed E-state index contributed by atoms with van der Waals surface area (Å²) in [5.41, 5.74) is 0.399. The highest BCUT2D eigenvalue weighted by molar-refractivity contribution is 5.94. The summed E-state index contributed by atoms with van der Waals surface area (Å²) in [5.74, 6) is 1.59. The summed E-state index contributed by atoms with van der Waals surface area (Å²) in [4.78, 5) is 12.4. The molecular weight excluding hydrogens is 396 g/mol. The predicted octanol–water partition coefficient (Wildman–Crippen LogP) is 4.43. The van der Waals surface area contributed by atoms with E-state index in [0.717, 1.165) is 25.7 Å². The smallest absolute Gasteiger partial charge is 0.387 e. The summed E-state index contributed by atoms with van der Waals surface area (Å²) in [6, 6.07) is 11.2. The molecule has 30 heavy (non-hydrogen) atoms. The van der Waals surface area contributed by atoms with E-state index in [4.69, 9.17) is 14.2 Å². The Bertz CT molecular complexity index is 836. The van der Waals surface area contributed by atoms with Crippen molar-refractivity contribution in [2.45, 2.75) is 44.4 Å². The van der Waals surface area contributed by atoms with E-state index in [1.54, 1.807) is 14.2 Å². The van der Waals surface area contributed by atoms with E-state index in [9.17, 15) is 13.6 Å². The number of halogens is 2. The third kappa shape index (κ3) is 5.52. The van der Waals surface area contributed by atoms with E-state index in [1.807, 2.05) is 18.2 Å². The van der Waals surface area contributed by atoms with Crippen LogP contribution in [0.1, 0.15) is 36.0 Å². The van der Waals surface area contributed by atoms with Crippen LogP contribution in [0.25, 0.3) is 0 Å². The molecular formula is C22H25F2NO5. The number of hydrogen-bond acceptors (Lipinski definition) is 5. The lowest BCUT2D eigenvalue weighted by Crippen LogP contribution is -2.39. The minimum absolute atomic E-state index is 0.0185. The molecule has 1 aliphatic rings. The number of nitrogens with one attached hydrogen (secondary N) is 1. The quantitative estimate of drug-likeness (QED) is 0.683. The highest BCUT2D eigenvalue weighted by Gasteiger charge is 2.25. The van der Waals surface area contributed by atoms with Gasteiger partial charge in [0.1, 0.15) is 5.75 Å². The van der Waals surface area contributed by atoms with E-state index < -0.39 is 6.61 Å². The van der Waals surface area contributed by atoms with Crippen LogP contribution in [0.2, 0.25) is 0 Å². The number of methoxy groups -OCH3 is 2. The fourth-order valence-corrected chi connectivity index (χ4v) is 3.51. The second-order valence-electron chi connectivity index (χ2n) is 6.96. The lowest BCUT2D eigenvalue weighted by Gasteiger charge is -2.30. The zero-order valence-electron chi connectivity index (χ0n) is 16.9. The highest BCUT2D eigenvalue weighted by atomic mass is 19.3. The average Bonchev–Trinajstić information content (AvgIpc) is 2.75. The third-order valence-electron chi connectivity index (χ3n) is 5.01. The molecule has 1 amide bonds. The molecule has 6 nitrogen and oxygen atoms in total. The van der Waals surface area contributed by atoms with Crippen molar-refractivity contribution in [3.8, 4) is 23.0 Å². The average molecular weight is 421 g/mol. The van der Waals surface area contributed by atoms with Gasteiger partial charge in [-0.1, -0.05) is 6.07 Å². The maximum Gasteiger partial charge on any atom is 0.387 e. The van der Waals surface area contributed by atoms with Gasteiger partial charge < -0.3 is 24.3 Å². The number of amides is 1. The van der Waals surface area contributed by atoms with Crippen molar-refractivity contribution in [3.05, 3.63) is 48.0 Å². The van der Waals surface area contributed by atoms with Crippen LogP contribution in [-0.4, -0.2) is 38.9 Å². The van der Waals surface area contributed by atoms with Gasteiger partial charge in [0.25, 0.3) is 5.91 Å². The topological polar surface area (TPSA) is 66.0 Å². The first kappa shape index (κ1) is 21.7. The maximum atomic E-state index is 12.4. The Balaban J connectivity index is 1.50. The van der Waals surface area contributed by atoms with Gasteiger partial charge >= 0.3 is 6.61 Å². The summed E-state index contributed by atoms with van der Waals surface area (Å²) < 4.78 is 45.5. The number of rotatable bonds is 8. The molecule has 1 fully saturated rings. The van der Waals surface area contributed by atoms with Crippen LogP contribution in [0.5, 0.6) is 23.0 Å². The van der Waals surface area contributed by atoms with Crippen molar-refractivity contribution < 1.29 is 32.5 Å². The van der Waals surface area contributed by atoms with E-state index in [0.29, 0.717) is 22.8 Å². The Hall–Kier alpha value is -3.03. The van der Waals surface area contributed by atoms with E-state index in [-0.39, 0.29) is 23.8 Å². The van der Waals surface area contributed by atoms with Crippen LogP contribution in [-0.2, 0) is 0 Å². The van der Waals surface area contributed by atoms with Gasteiger partial charge in [-0.3, -0.25) is 4.79 Å². The van der Waals surface area contributed by atoms with Crippen molar-refractivity contribution >= 4 is 5.91 Å². The third-order valence-corrected chi connectivity index (χ3v) is 5.01. The summed E-state index contributed by atoms with van der Waals surface area (Å²) in [7, 11) is 3.15. The Morgan fingerprint density at radius 1 is 0.967 bits per heavy atom. The molecule has 0 radical (unpaired) electrons. The minimum atomic E-state index is -2.89. The summed E-state index contributed by atoms with van der Waals surface area (Å²) >= 11 is 0. The van der Waals surface area contributed by atoms with Gasteiger partial charge in [0, 0.05) is 11.6 Å². The molecule has 1 N–H and O–H groups in total. The second kappa shape index (κ2) is 10.1. The molecule has 0 unspecified atom stereocenters. The first-order valence-electron chi connectivity index (χ1n) is 9.73. The van der Waals surface area contributed by atoms with Crippen LogP contribution in [0.3, 0.4) is 0 Å². The van der Waals surface area contributed by atoms with Crippen molar-refractivity contribution in [2.75, 3.05) is 14.2 Å². The molecule has 3 rings (SSSR count). The Morgan fingerprint density at radius 2 is 1.63 bits per heavy atom. The highest BCUT2D eigenvalue weighted by Crippen LogP contribution is 2.38. The fourth-order valence-electron chi connectivity index (χ4n) is 3.51. The van der Waals surface area contributed by atoms with Crippen molar-refractivity contribution in [1.29, 1.82) is 0 Å². The normalized spacial score (nSPS) is 18.6. The molecule has 0 bridgehead atoms. The van der Waals surface area contributed by atoms with E-state index in [1.165, 1.54) is 24.3 Å². The maximum absolute atomic E-state index is 12.4. The molecule has 8 heteroatoms. The SMILES string of the molecule is COc1cccc(OC2CCC(NC(=O)c3ccc(OC(F)F)cc3)CC2)c1OC. The molecule has 1 aliphatic carbocycles. The number of ether oxygens (including phenoxy) is 4. The van der Waals surface area contributed by atoms with Crippen LogP contribution >= 0.6 is 0 Å². The fraction of sp³-hybridized carbons (Fsp3) is 0.409. The van der Waals surface area contributed by atoms with Crippen molar-refractivity contribution in [2.24, 2.45) is 0 Å². The Kier molecular flexibility index (Phi) is 7.32. The van der Waals surface area contributed by atoms with Crippen LogP contribution in [0.4, 0.5) is 8.78 Å². The molecule has 162 valence electrons. The van der Waals surface area contributed by atoms with Gasteiger partial charge in [-0.25, -0.2) is 0 Å². The lowest BCUT2D eigenvalue weighted by molar-refractivity contribution is -0.0498. The number of alkyl halides is 2. The number of hydrogen-bond donors (Lipinski definition) is 1. The zero-order chi connectivity index (χ0) is 21.5. The monoisotopic (exact) mass is 421 g/mol. The minimum Gasteiger partial charge on any atom is -0.493 e. The Labute approximate surface area is 174 Å². The molecule has 0 spiro atoms. The lowest BCUT2D eigenvalue weighted by atomic mass is 9.92. The zero-order valence-corrected chi connectivity index (χ0v) is 16.9. The van der Waals surface area contributed by atoms with Gasteiger partial charge in [-0.2, -0.15) is 8.78 Å². The molecule has 0 saturated heterocycles. The largest absolute Gasteiger partial charge is 0.493 e. The number of para-hydroxylation sites is 1. The van der Waals surface area contributed by atoms with Crippen molar-refractivity contribution in [1.82, 2.24) is 5.32 Å². The van der Waals surface area contributed by atoms with Crippen molar-refractivity contribution in [3.63, 3.8) is 0 Å². The van der Waals surface area contributed by atoms with Crippen LogP contribution in [0.15, 0.2) is 42.5 Å². The molecule has 2 aromatic carbocycles. The summed E-state index contributed by atoms with van der Waals surface area (Å²) in [6.07, 6.45) is 3.13. The molecule has 1 saturated carbocycles. The van der Waals surface area contributed by atoms with E-state index in [2.05, 4.69) is 10.1 Å². The number of carbonyl (C=O) groups is 1. The van der Waals surface area contributed by atoms with Gasteiger partial charge in [-0.05, 0) is 62.1 Å². The molecule has 0 heterocycles. The number of carbonyl (C=O) groups excluding carboxylic acids is 1.